The Morgan fingerprint density at radius 1 is 1.20 bits per heavy atom. The molecule has 0 heterocycles. The van der Waals surface area contributed by atoms with Crippen LogP contribution >= 0.6 is 0 Å². The minimum Gasteiger partial charge on any atom is -0.212 e. The summed E-state index contributed by atoms with van der Waals surface area (Å²) in [7, 11) is -3.04. The lowest BCUT2D eigenvalue weighted by Gasteiger charge is -2.24. The van der Waals surface area contributed by atoms with E-state index in [1.54, 1.807) is 18.2 Å². The predicted octanol–water partition coefficient (Wildman–Crippen LogP) is 2.24. The average molecular weight is 233 g/mol. The Kier molecular flexibility index (Phi) is 4.18. The summed E-state index contributed by atoms with van der Waals surface area (Å²) in [5, 5.41) is -0.287. The van der Waals surface area contributed by atoms with Gasteiger partial charge in [-0.3, -0.25) is 0 Å². The molecular formula is C11H23NO2S. The fourth-order valence-corrected chi connectivity index (χ4v) is 3.06. The van der Waals surface area contributed by atoms with Gasteiger partial charge in [0.1, 0.15) is 0 Å². The summed E-state index contributed by atoms with van der Waals surface area (Å²) in [4.78, 5) is 0. The zero-order valence-electron chi connectivity index (χ0n) is 10.2. The molecule has 0 bridgehead atoms. The quantitative estimate of drug-likeness (QED) is 0.705. The number of hydrogen-bond donors (Lipinski definition) is 0. The second-order valence-corrected chi connectivity index (χ2v) is 7.56. The van der Waals surface area contributed by atoms with Crippen LogP contribution in [0.2, 0.25) is 0 Å². The maximum absolute atomic E-state index is 12.1. The van der Waals surface area contributed by atoms with Crippen molar-refractivity contribution in [3.8, 4) is 0 Å². The highest BCUT2D eigenvalue weighted by Crippen LogP contribution is 2.31. The molecule has 0 aromatic carbocycles. The van der Waals surface area contributed by atoms with Crippen LogP contribution in [0.4, 0.5) is 0 Å². The molecule has 0 N–H and O–H groups in total. The van der Waals surface area contributed by atoms with E-state index in [2.05, 4.69) is 13.8 Å². The molecule has 3 nitrogen and oxygen atoms in total. The van der Waals surface area contributed by atoms with Gasteiger partial charge in [0.05, 0.1) is 5.25 Å². The van der Waals surface area contributed by atoms with E-state index in [1.807, 2.05) is 0 Å². The fraction of sp³-hybridized carbons (Fsp3) is 1.00. The molecule has 0 aliphatic heterocycles. The third kappa shape index (κ3) is 3.45. The van der Waals surface area contributed by atoms with Gasteiger partial charge in [0.15, 0.2) is 0 Å². The first kappa shape index (κ1) is 13.0. The minimum absolute atomic E-state index is 0.287. The van der Waals surface area contributed by atoms with E-state index in [-0.39, 0.29) is 5.25 Å². The summed E-state index contributed by atoms with van der Waals surface area (Å²) in [5.74, 6) is 0.564. The Bertz CT molecular complexity index is 292. The Labute approximate surface area is 93.9 Å². The number of sulfonamides is 1. The molecule has 0 radical (unpaired) electrons. The molecule has 1 rings (SSSR count). The van der Waals surface area contributed by atoms with E-state index in [9.17, 15) is 8.42 Å². The first-order chi connectivity index (χ1) is 6.85. The van der Waals surface area contributed by atoms with Crippen LogP contribution in [-0.2, 0) is 10.0 Å². The van der Waals surface area contributed by atoms with Gasteiger partial charge in [0.2, 0.25) is 10.0 Å². The summed E-state index contributed by atoms with van der Waals surface area (Å²) < 4.78 is 25.8. The Balaban J connectivity index is 2.65. The number of hydrogen-bond acceptors (Lipinski definition) is 2. The average Bonchev–Trinajstić information content (AvgIpc) is 2.87. The van der Waals surface area contributed by atoms with Crippen LogP contribution in [0.5, 0.6) is 0 Å². The lowest BCUT2D eigenvalue weighted by Crippen LogP contribution is -2.39. The molecule has 4 heteroatoms. The number of nitrogens with zero attached hydrogens (tertiary/aromatic N) is 1. The molecule has 0 aromatic rings. The smallest absolute Gasteiger partial charge is 0.212 e. The third-order valence-corrected chi connectivity index (χ3v) is 5.13. The third-order valence-electron chi connectivity index (χ3n) is 2.80. The normalized spacial score (nSPS) is 18.1. The van der Waals surface area contributed by atoms with Crippen molar-refractivity contribution in [2.45, 2.75) is 58.2 Å². The molecule has 1 saturated carbocycles. The van der Waals surface area contributed by atoms with Crippen molar-refractivity contribution in [3.63, 3.8) is 0 Å². The summed E-state index contributed by atoms with van der Waals surface area (Å²) in [5.41, 5.74) is 0. The first-order valence-corrected chi connectivity index (χ1v) is 7.36. The maximum Gasteiger partial charge on any atom is 0.216 e. The Morgan fingerprint density at radius 2 is 1.73 bits per heavy atom. The molecule has 0 spiro atoms. The van der Waals surface area contributed by atoms with Crippen molar-refractivity contribution in [3.05, 3.63) is 0 Å². The summed E-state index contributed by atoms with van der Waals surface area (Å²) in [6.45, 7) is 8.49. The van der Waals surface area contributed by atoms with Crippen LogP contribution in [0.25, 0.3) is 0 Å². The van der Waals surface area contributed by atoms with Crippen LogP contribution < -0.4 is 0 Å². The van der Waals surface area contributed by atoms with Crippen molar-refractivity contribution >= 4 is 10.0 Å². The van der Waals surface area contributed by atoms with E-state index in [1.165, 1.54) is 0 Å². The van der Waals surface area contributed by atoms with Crippen LogP contribution in [0, 0.1) is 5.92 Å². The van der Waals surface area contributed by atoms with E-state index in [0.717, 1.165) is 19.3 Å². The maximum atomic E-state index is 12.1. The number of rotatable bonds is 6. The van der Waals surface area contributed by atoms with Crippen LogP contribution in [0.15, 0.2) is 0 Å². The molecule has 0 atom stereocenters. The zero-order chi connectivity index (χ0) is 11.6. The van der Waals surface area contributed by atoms with Crippen LogP contribution in [0.1, 0.15) is 47.0 Å². The highest BCUT2D eigenvalue weighted by molar-refractivity contribution is 7.89. The van der Waals surface area contributed by atoms with Crippen molar-refractivity contribution in [1.29, 1.82) is 0 Å². The van der Waals surface area contributed by atoms with E-state index in [4.69, 9.17) is 0 Å². The van der Waals surface area contributed by atoms with E-state index < -0.39 is 10.0 Å². The summed E-state index contributed by atoms with van der Waals surface area (Å²) >= 11 is 0. The summed E-state index contributed by atoms with van der Waals surface area (Å²) in [6.07, 6.45) is 3.05. The van der Waals surface area contributed by atoms with E-state index in [0.29, 0.717) is 18.5 Å². The van der Waals surface area contributed by atoms with E-state index >= 15 is 0 Å². The largest absolute Gasteiger partial charge is 0.216 e. The Morgan fingerprint density at radius 3 is 2.07 bits per heavy atom. The second-order valence-electron chi connectivity index (χ2n) is 5.12. The highest BCUT2D eigenvalue weighted by atomic mass is 32.2. The summed E-state index contributed by atoms with van der Waals surface area (Å²) in [6, 6.07) is 0.302. The van der Waals surface area contributed by atoms with Gasteiger partial charge in [-0.2, -0.15) is 4.31 Å². The van der Waals surface area contributed by atoms with Crippen molar-refractivity contribution in [1.82, 2.24) is 4.31 Å². The van der Waals surface area contributed by atoms with Gasteiger partial charge >= 0.3 is 0 Å². The molecule has 1 fully saturated rings. The Hall–Kier alpha value is -0.0900. The molecule has 0 saturated heterocycles. The van der Waals surface area contributed by atoms with Gasteiger partial charge in [-0.25, -0.2) is 8.42 Å². The van der Waals surface area contributed by atoms with Crippen LogP contribution in [-0.4, -0.2) is 30.6 Å². The van der Waals surface area contributed by atoms with Gasteiger partial charge in [0, 0.05) is 12.6 Å². The highest BCUT2D eigenvalue weighted by Gasteiger charge is 2.38. The SMILES string of the molecule is CC(C)CCN(C1CC1)S(=O)(=O)C(C)C. The monoisotopic (exact) mass is 233 g/mol. The standard InChI is InChI=1S/C11H23NO2S/c1-9(2)7-8-12(11-5-6-11)15(13,14)10(3)4/h9-11H,5-8H2,1-4H3. The van der Waals surface area contributed by atoms with Gasteiger partial charge in [-0.1, -0.05) is 13.8 Å². The van der Waals surface area contributed by atoms with Crippen molar-refractivity contribution < 1.29 is 8.42 Å². The molecule has 1 aliphatic rings. The zero-order valence-corrected chi connectivity index (χ0v) is 11.0. The van der Waals surface area contributed by atoms with Crippen molar-refractivity contribution in [2.24, 2.45) is 5.92 Å². The second kappa shape index (κ2) is 4.83. The van der Waals surface area contributed by atoms with Gasteiger partial charge in [-0.05, 0) is 39.0 Å². The van der Waals surface area contributed by atoms with Gasteiger partial charge in [0.25, 0.3) is 0 Å². The first-order valence-electron chi connectivity index (χ1n) is 5.86. The molecule has 1 aliphatic carbocycles. The lowest BCUT2D eigenvalue weighted by atomic mass is 10.1. The molecular weight excluding hydrogens is 210 g/mol. The molecule has 0 amide bonds. The fourth-order valence-electron chi connectivity index (χ4n) is 1.54. The topological polar surface area (TPSA) is 37.4 Å². The lowest BCUT2D eigenvalue weighted by molar-refractivity contribution is 0.370. The predicted molar refractivity (Wildman–Crippen MR) is 63.2 cm³/mol. The molecule has 0 unspecified atom stereocenters. The molecule has 0 aromatic heterocycles. The molecule has 90 valence electrons. The van der Waals surface area contributed by atoms with Crippen LogP contribution in [0.3, 0.4) is 0 Å². The van der Waals surface area contributed by atoms with Crippen molar-refractivity contribution in [2.75, 3.05) is 6.54 Å². The van der Waals surface area contributed by atoms with Gasteiger partial charge < -0.3 is 0 Å². The van der Waals surface area contributed by atoms with Gasteiger partial charge in [-0.15, -0.1) is 0 Å². The molecule has 15 heavy (non-hydrogen) atoms. The minimum atomic E-state index is -3.04.